The fourth-order valence-electron chi connectivity index (χ4n) is 2.04. The van der Waals surface area contributed by atoms with Gasteiger partial charge in [0.25, 0.3) is 0 Å². The van der Waals surface area contributed by atoms with Crippen molar-refractivity contribution in [1.29, 1.82) is 5.26 Å². The number of benzene rings is 1. The monoisotopic (exact) mass is 289 g/mol. The van der Waals surface area contributed by atoms with Crippen LogP contribution in [0.3, 0.4) is 0 Å². The van der Waals surface area contributed by atoms with E-state index in [1.807, 2.05) is 32.3 Å². The average Bonchev–Trinajstić information content (AvgIpc) is 2.44. The third-order valence-corrected chi connectivity index (χ3v) is 3.28. The van der Waals surface area contributed by atoms with Gasteiger partial charge < -0.3 is 10.0 Å². The molecule has 0 heterocycles. The Bertz CT molecular complexity index is 508. The Morgan fingerprint density at radius 1 is 1.38 bits per heavy atom. The molecule has 0 fully saturated rings. The second-order valence-corrected chi connectivity index (χ2v) is 5.59. The van der Waals surface area contributed by atoms with Gasteiger partial charge in [-0.25, -0.2) is 0 Å². The summed E-state index contributed by atoms with van der Waals surface area (Å²) in [6.45, 7) is 4.53. The Morgan fingerprint density at radius 3 is 2.67 bits per heavy atom. The Kier molecular flexibility index (Phi) is 6.86. The number of nitriles is 1. The van der Waals surface area contributed by atoms with Gasteiger partial charge in [-0.1, -0.05) is 19.1 Å². The van der Waals surface area contributed by atoms with Crippen molar-refractivity contribution in [2.45, 2.75) is 13.5 Å². The molecule has 21 heavy (non-hydrogen) atoms. The van der Waals surface area contributed by atoms with Crippen molar-refractivity contribution in [2.75, 3.05) is 33.7 Å². The SMILES string of the molecule is CC(CN(CCN(C)C)Cc1cccc(C#N)c1)C(=O)O. The normalized spacial score (nSPS) is 12.4. The first-order valence-electron chi connectivity index (χ1n) is 7.01. The Morgan fingerprint density at radius 2 is 2.10 bits per heavy atom. The van der Waals surface area contributed by atoms with Gasteiger partial charge in [0.05, 0.1) is 17.6 Å². The highest BCUT2D eigenvalue weighted by atomic mass is 16.4. The molecule has 0 aliphatic rings. The van der Waals surface area contributed by atoms with Gasteiger partial charge in [0.15, 0.2) is 0 Å². The van der Waals surface area contributed by atoms with Crippen LogP contribution >= 0.6 is 0 Å². The van der Waals surface area contributed by atoms with Crippen molar-refractivity contribution < 1.29 is 9.90 Å². The van der Waals surface area contributed by atoms with Crippen molar-refractivity contribution in [3.63, 3.8) is 0 Å². The van der Waals surface area contributed by atoms with Crippen LogP contribution in [-0.4, -0.2) is 54.6 Å². The van der Waals surface area contributed by atoms with Crippen LogP contribution in [0, 0.1) is 17.2 Å². The summed E-state index contributed by atoms with van der Waals surface area (Å²) in [5.74, 6) is -1.19. The molecule has 0 saturated heterocycles. The van der Waals surface area contributed by atoms with Crippen molar-refractivity contribution in [3.05, 3.63) is 35.4 Å². The number of hydrogen-bond donors (Lipinski definition) is 1. The Hall–Kier alpha value is -1.90. The van der Waals surface area contributed by atoms with Gasteiger partial charge in [0, 0.05) is 26.2 Å². The summed E-state index contributed by atoms with van der Waals surface area (Å²) in [6, 6.07) is 9.58. The zero-order valence-electron chi connectivity index (χ0n) is 12.9. The summed E-state index contributed by atoms with van der Waals surface area (Å²) < 4.78 is 0. The maximum atomic E-state index is 11.0. The van der Waals surface area contributed by atoms with E-state index in [0.717, 1.165) is 18.7 Å². The van der Waals surface area contributed by atoms with Gasteiger partial charge in [-0.05, 0) is 31.8 Å². The molecule has 1 aromatic carbocycles. The second kappa shape index (κ2) is 8.40. The first-order chi connectivity index (χ1) is 9.92. The first-order valence-corrected chi connectivity index (χ1v) is 7.01. The molecule has 0 aliphatic heterocycles. The number of rotatable bonds is 8. The molecular formula is C16H23N3O2. The molecule has 0 aromatic heterocycles. The number of carboxylic acids is 1. The fourth-order valence-corrected chi connectivity index (χ4v) is 2.04. The van der Waals surface area contributed by atoms with Gasteiger partial charge in [-0.15, -0.1) is 0 Å². The summed E-state index contributed by atoms with van der Waals surface area (Å²) in [5, 5.41) is 18.0. The lowest BCUT2D eigenvalue weighted by Crippen LogP contribution is -2.36. The number of carboxylic acid groups (broad SMARTS) is 1. The minimum atomic E-state index is -0.782. The molecule has 0 spiro atoms. The van der Waals surface area contributed by atoms with E-state index in [2.05, 4.69) is 15.9 Å². The summed E-state index contributed by atoms with van der Waals surface area (Å²) in [6.07, 6.45) is 0. The predicted octanol–water partition coefficient (Wildman–Crippen LogP) is 1.64. The average molecular weight is 289 g/mol. The van der Waals surface area contributed by atoms with Gasteiger partial charge in [0.2, 0.25) is 0 Å². The maximum Gasteiger partial charge on any atom is 0.307 e. The largest absolute Gasteiger partial charge is 0.481 e. The van der Waals surface area contributed by atoms with Crippen LogP contribution in [-0.2, 0) is 11.3 Å². The van der Waals surface area contributed by atoms with E-state index in [1.165, 1.54) is 0 Å². The van der Waals surface area contributed by atoms with Gasteiger partial charge in [-0.2, -0.15) is 5.26 Å². The minimum absolute atomic E-state index is 0.411. The fraction of sp³-hybridized carbons (Fsp3) is 0.500. The number of nitrogens with zero attached hydrogens (tertiary/aromatic N) is 3. The smallest absolute Gasteiger partial charge is 0.307 e. The molecule has 0 bridgehead atoms. The molecule has 0 amide bonds. The van der Waals surface area contributed by atoms with Crippen molar-refractivity contribution in [3.8, 4) is 6.07 Å². The third kappa shape index (κ3) is 6.39. The number of hydrogen-bond acceptors (Lipinski definition) is 4. The van der Waals surface area contributed by atoms with Crippen LogP contribution < -0.4 is 0 Å². The van der Waals surface area contributed by atoms with Gasteiger partial charge >= 0.3 is 5.97 Å². The predicted molar refractivity (Wildman–Crippen MR) is 81.8 cm³/mol. The number of likely N-dealkylation sites (N-methyl/N-ethyl adjacent to an activating group) is 1. The molecular weight excluding hydrogens is 266 g/mol. The van der Waals surface area contributed by atoms with Crippen molar-refractivity contribution in [1.82, 2.24) is 9.80 Å². The molecule has 1 atom stereocenters. The first kappa shape index (κ1) is 17.2. The second-order valence-electron chi connectivity index (χ2n) is 5.59. The molecule has 1 rings (SSSR count). The van der Waals surface area contributed by atoms with Crippen molar-refractivity contribution in [2.24, 2.45) is 5.92 Å². The van der Waals surface area contributed by atoms with E-state index in [9.17, 15) is 4.79 Å². The lowest BCUT2D eigenvalue weighted by atomic mass is 10.1. The van der Waals surface area contributed by atoms with E-state index < -0.39 is 11.9 Å². The minimum Gasteiger partial charge on any atom is -0.481 e. The molecule has 1 unspecified atom stereocenters. The molecule has 0 aliphatic carbocycles. The molecule has 1 N–H and O–H groups in total. The van der Waals surface area contributed by atoms with Gasteiger partial charge in [-0.3, -0.25) is 9.69 Å². The van der Waals surface area contributed by atoms with Crippen molar-refractivity contribution >= 4 is 5.97 Å². The van der Waals surface area contributed by atoms with Crippen LogP contribution in [0.15, 0.2) is 24.3 Å². The van der Waals surface area contributed by atoms with Crippen LogP contribution in [0.4, 0.5) is 0 Å². The molecule has 114 valence electrons. The van der Waals surface area contributed by atoms with Crippen LogP contribution in [0.5, 0.6) is 0 Å². The van der Waals surface area contributed by atoms with Crippen LogP contribution in [0.25, 0.3) is 0 Å². The molecule has 1 aromatic rings. The van der Waals surface area contributed by atoms with E-state index in [1.54, 1.807) is 13.0 Å². The van der Waals surface area contributed by atoms with Gasteiger partial charge in [0.1, 0.15) is 0 Å². The number of carbonyl (C=O) groups is 1. The molecule has 5 heteroatoms. The maximum absolute atomic E-state index is 11.0. The zero-order chi connectivity index (χ0) is 15.8. The highest BCUT2D eigenvalue weighted by Gasteiger charge is 2.16. The zero-order valence-corrected chi connectivity index (χ0v) is 12.9. The van der Waals surface area contributed by atoms with E-state index >= 15 is 0 Å². The van der Waals surface area contributed by atoms with Crippen LogP contribution in [0.1, 0.15) is 18.1 Å². The highest BCUT2D eigenvalue weighted by molar-refractivity contribution is 5.69. The number of aliphatic carboxylic acids is 1. The third-order valence-electron chi connectivity index (χ3n) is 3.28. The highest BCUT2D eigenvalue weighted by Crippen LogP contribution is 2.10. The van der Waals surface area contributed by atoms with E-state index in [0.29, 0.717) is 18.7 Å². The van der Waals surface area contributed by atoms with E-state index in [4.69, 9.17) is 10.4 Å². The molecule has 0 radical (unpaired) electrons. The summed E-state index contributed by atoms with van der Waals surface area (Å²) in [7, 11) is 3.99. The Labute approximate surface area is 126 Å². The summed E-state index contributed by atoms with van der Waals surface area (Å²) in [5.41, 5.74) is 1.66. The summed E-state index contributed by atoms with van der Waals surface area (Å²) in [4.78, 5) is 15.2. The molecule has 0 saturated carbocycles. The topological polar surface area (TPSA) is 67.6 Å². The summed E-state index contributed by atoms with van der Waals surface area (Å²) >= 11 is 0. The lowest BCUT2D eigenvalue weighted by molar-refractivity contribution is -0.141. The molecule has 5 nitrogen and oxygen atoms in total. The quantitative estimate of drug-likeness (QED) is 0.788. The van der Waals surface area contributed by atoms with E-state index in [-0.39, 0.29) is 0 Å². The van der Waals surface area contributed by atoms with Crippen LogP contribution in [0.2, 0.25) is 0 Å². The standard InChI is InChI=1S/C16H23N3O2/c1-13(16(20)21)11-19(8-7-18(2)3)12-15-6-4-5-14(9-15)10-17/h4-6,9,13H,7-8,11-12H2,1-3H3,(H,20,21). The lowest BCUT2D eigenvalue weighted by Gasteiger charge is -2.25. The Balaban J connectivity index is 2.75.